The van der Waals surface area contributed by atoms with Gasteiger partial charge in [-0.2, -0.15) is 0 Å². The number of nitrogens with two attached hydrogens (primary N) is 2. The molecule has 0 heterocycles. The second-order valence-corrected chi connectivity index (χ2v) is 6.49. The summed E-state index contributed by atoms with van der Waals surface area (Å²) in [6.07, 6.45) is 1.75. The van der Waals surface area contributed by atoms with Gasteiger partial charge in [-0.05, 0) is 36.6 Å². The van der Waals surface area contributed by atoms with Crippen molar-refractivity contribution < 1.29 is 8.42 Å². The van der Waals surface area contributed by atoms with E-state index in [-0.39, 0.29) is 11.2 Å². The van der Waals surface area contributed by atoms with Gasteiger partial charge in [0.1, 0.15) is 0 Å². The Morgan fingerprint density at radius 2 is 1.71 bits per heavy atom. The van der Waals surface area contributed by atoms with E-state index >= 15 is 0 Å². The third-order valence-electron chi connectivity index (χ3n) is 3.42. The van der Waals surface area contributed by atoms with Crippen molar-refractivity contribution in [2.75, 3.05) is 12.3 Å². The first-order chi connectivity index (χ1) is 6.28. The lowest BCUT2D eigenvalue weighted by atomic mass is 9.87. The van der Waals surface area contributed by atoms with E-state index < -0.39 is 10.0 Å². The van der Waals surface area contributed by atoms with Gasteiger partial charge in [-0.3, -0.25) is 0 Å². The van der Waals surface area contributed by atoms with Gasteiger partial charge in [0, 0.05) is 0 Å². The number of sulfonamides is 1. The van der Waals surface area contributed by atoms with Crippen molar-refractivity contribution in [2.45, 2.75) is 26.7 Å². The smallest absolute Gasteiger partial charge is 0.209 e. The largest absolute Gasteiger partial charge is 0.330 e. The zero-order chi connectivity index (χ0) is 11.0. The predicted molar refractivity (Wildman–Crippen MR) is 57.0 cm³/mol. The summed E-state index contributed by atoms with van der Waals surface area (Å²) in [6, 6.07) is 0. The first kappa shape index (κ1) is 11.9. The summed E-state index contributed by atoms with van der Waals surface area (Å²) < 4.78 is 22.2. The Labute approximate surface area is 86.1 Å². The van der Waals surface area contributed by atoms with Crippen LogP contribution in [0.4, 0.5) is 0 Å². The molecule has 14 heavy (non-hydrogen) atoms. The highest BCUT2D eigenvalue weighted by Crippen LogP contribution is 2.45. The number of hydrogen-bond donors (Lipinski definition) is 2. The number of primary sulfonamides is 1. The summed E-state index contributed by atoms with van der Waals surface area (Å²) >= 11 is 0. The molecule has 0 amide bonds. The van der Waals surface area contributed by atoms with Crippen molar-refractivity contribution in [3.63, 3.8) is 0 Å². The minimum Gasteiger partial charge on any atom is -0.330 e. The second kappa shape index (κ2) is 3.79. The Hall–Kier alpha value is -0.130. The van der Waals surface area contributed by atoms with Crippen LogP contribution in [0.5, 0.6) is 0 Å². The van der Waals surface area contributed by atoms with Gasteiger partial charge in [-0.1, -0.05) is 13.8 Å². The minimum atomic E-state index is -3.40. The van der Waals surface area contributed by atoms with Crippen LogP contribution in [0.3, 0.4) is 0 Å². The normalized spacial score (nSPS) is 38.9. The molecule has 1 aliphatic rings. The molecule has 1 fully saturated rings. The van der Waals surface area contributed by atoms with Gasteiger partial charge < -0.3 is 5.73 Å². The van der Waals surface area contributed by atoms with E-state index in [0.717, 1.165) is 12.8 Å². The quantitative estimate of drug-likeness (QED) is 0.716. The van der Waals surface area contributed by atoms with E-state index in [9.17, 15) is 8.42 Å². The van der Waals surface area contributed by atoms with Crippen molar-refractivity contribution in [1.29, 1.82) is 0 Å². The minimum absolute atomic E-state index is 0.0329. The summed E-state index contributed by atoms with van der Waals surface area (Å²) in [5.74, 6) is 1.12. The van der Waals surface area contributed by atoms with E-state index in [0.29, 0.717) is 18.4 Å². The average Bonchev–Trinajstić information content (AvgIpc) is 2.25. The highest BCUT2D eigenvalue weighted by atomic mass is 32.2. The van der Waals surface area contributed by atoms with Gasteiger partial charge in [0.05, 0.1) is 5.75 Å². The van der Waals surface area contributed by atoms with Crippen molar-refractivity contribution in [1.82, 2.24) is 0 Å². The average molecular weight is 220 g/mol. The second-order valence-electron chi connectivity index (χ2n) is 4.87. The van der Waals surface area contributed by atoms with Crippen LogP contribution < -0.4 is 10.9 Å². The molecule has 1 rings (SSSR count). The van der Waals surface area contributed by atoms with E-state index in [2.05, 4.69) is 13.8 Å². The first-order valence-electron chi connectivity index (χ1n) is 4.98. The summed E-state index contributed by atoms with van der Waals surface area (Å²) in [4.78, 5) is 0. The van der Waals surface area contributed by atoms with E-state index in [1.54, 1.807) is 0 Å². The monoisotopic (exact) mass is 220 g/mol. The maximum absolute atomic E-state index is 11.1. The molecule has 3 atom stereocenters. The molecule has 1 aliphatic carbocycles. The fourth-order valence-corrected chi connectivity index (χ4v) is 3.83. The molecule has 0 saturated heterocycles. The van der Waals surface area contributed by atoms with Crippen LogP contribution in [0.2, 0.25) is 0 Å². The van der Waals surface area contributed by atoms with Gasteiger partial charge in [0.15, 0.2) is 0 Å². The van der Waals surface area contributed by atoms with Crippen LogP contribution in [0.25, 0.3) is 0 Å². The van der Waals surface area contributed by atoms with E-state index in [1.807, 2.05) is 0 Å². The number of hydrogen-bond acceptors (Lipinski definition) is 3. The van der Waals surface area contributed by atoms with E-state index in [1.165, 1.54) is 0 Å². The standard InChI is InChI=1S/C9H20N2O2S/c1-7-3-9(5-10,4-8(7)2)6-14(11,12)13/h7-8H,3-6,10H2,1-2H3,(H2,11,12,13)/t7-,8+,9-. The summed E-state index contributed by atoms with van der Waals surface area (Å²) in [7, 11) is -3.40. The molecule has 1 saturated carbocycles. The molecular weight excluding hydrogens is 200 g/mol. The molecule has 0 aromatic rings. The summed E-state index contributed by atoms with van der Waals surface area (Å²) in [5.41, 5.74) is 5.41. The third kappa shape index (κ3) is 2.68. The summed E-state index contributed by atoms with van der Waals surface area (Å²) in [5, 5.41) is 5.08. The lowest BCUT2D eigenvalue weighted by molar-refractivity contribution is 0.334. The zero-order valence-corrected chi connectivity index (χ0v) is 9.68. The maximum atomic E-state index is 11.1. The van der Waals surface area contributed by atoms with Crippen LogP contribution in [0.15, 0.2) is 0 Å². The van der Waals surface area contributed by atoms with Crippen LogP contribution in [0, 0.1) is 17.3 Å². The Kier molecular flexibility index (Phi) is 3.23. The fourth-order valence-electron chi connectivity index (χ4n) is 2.62. The topological polar surface area (TPSA) is 86.2 Å². The highest BCUT2D eigenvalue weighted by Gasteiger charge is 2.42. The van der Waals surface area contributed by atoms with Crippen molar-refractivity contribution >= 4 is 10.0 Å². The molecule has 0 spiro atoms. The molecule has 0 aliphatic heterocycles. The van der Waals surface area contributed by atoms with Gasteiger partial charge in [-0.25, -0.2) is 13.6 Å². The molecule has 0 aromatic heterocycles. The Balaban J connectivity index is 2.80. The van der Waals surface area contributed by atoms with Crippen LogP contribution in [-0.2, 0) is 10.0 Å². The molecule has 0 unspecified atom stereocenters. The van der Waals surface area contributed by atoms with Crippen LogP contribution in [0.1, 0.15) is 26.7 Å². The SMILES string of the molecule is C[C@@H]1C[C@@](CN)(CS(N)(=O)=O)C[C@@H]1C. The molecule has 0 aromatic carbocycles. The number of rotatable bonds is 3. The molecular formula is C9H20N2O2S. The van der Waals surface area contributed by atoms with Crippen LogP contribution >= 0.6 is 0 Å². The first-order valence-corrected chi connectivity index (χ1v) is 6.70. The van der Waals surface area contributed by atoms with Gasteiger partial charge >= 0.3 is 0 Å². The Morgan fingerprint density at radius 1 is 1.29 bits per heavy atom. The fraction of sp³-hybridized carbons (Fsp3) is 1.00. The molecule has 0 radical (unpaired) electrons. The summed E-state index contributed by atoms with van der Waals surface area (Å²) in [6.45, 7) is 4.70. The van der Waals surface area contributed by atoms with Crippen molar-refractivity contribution in [3.8, 4) is 0 Å². The predicted octanol–water partition coefficient (Wildman–Crippen LogP) is 0.286. The Bertz CT molecular complexity index is 290. The van der Waals surface area contributed by atoms with Gasteiger partial charge in [0.25, 0.3) is 0 Å². The highest BCUT2D eigenvalue weighted by molar-refractivity contribution is 7.89. The lowest BCUT2D eigenvalue weighted by Gasteiger charge is -2.26. The zero-order valence-electron chi connectivity index (χ0n) is 8.86. The van der Waals surface area contributed by atoms with Crippen molar-refractivity contribution in [3.05, 3.63) is 0 Å². The molecule has 4 N–H and O–H groups in total. The maximum Gasteiger partial charge on any atom is 0.209 e. The third-order valence-corrected chi connectivity index (χ3v) is 4.44. The lowest BCUT2D eigenvalue weighted by Crippen LogP contribution is -2.38. The van der Waals surface area contributed by atoms with Crippen LogP contribution in [-0.4, -0.2) is 20.7 Å². The molecule has 4 nitrogen and oxygen atoms in total. The molecule has 0 bridgehead atoms. The van der Waals surface area contributed by atoms with E-state index in [4.69, 9.17) is 10.9 Å². The van der Waals surface area contributed by atoms with Crippen molar-refractivity contribution in [2.24, 2.45) is 28.1 Å². The van der Waals surface area contributed by atoms with Gasteiger partial charge in [-0.15, -0.1) is 0 Å². The molecule has 5 heteroatoms. The Morgan fingerprint density at radius 3 is 2.00 bits per heavy atom. The van der Waals surface area contributed by atoms with Gasteiger partial charge in [0.2, 0.25) is 10.0 Å². The molecule has 84 valence electrons.